The third-order valence-corrected chi connectivity index (χ3v) is 14.6. The summed E-state index contributed by atoms with van der Waals surface area (Å²) in [5.74, 6) is -5.31. The number of aromatic nitrogens is 2. The van der Waals surface area contributed by atoms with Crippen LogP contribution in [0.3, 0.4) is 0 Å². The summed E-state index contributed by atoms with van der Waals surface area (Å²) in [4.78, 5) is 80.6. The highest BCUT2D eigenvalue weighted by molar-refractivity contribution is 6.19. The Morgan fingerprint density at radius 3 is 2.40 bits per heavy atom. The molecule has 5 bridgehead atoms. The van der Waals surface area contributed by atoms with Gasteiger partial charge in [0.25, 0.3) is 11.7 Å². The molecular formula is C53H68N8O11. The van der Waals surface area contributed by atoms with Gasteiger partial charge in [-0.2, -0.15) is 0 Å². The van der Waals surface area contributed by atoms with Gasteiger partial charge in [0.2, 0.25) is 11.9 Å². The molecule has 19 heteroatoms. The Morgan fingerprint density at radius 2 is 1.68 bits per heavy atom. The van der Waals surface area contributed by atoms with Crippen molar-refractivity contribution >= 4 is 46.0 Å². The summed E-state index contributed by atoms with van der Waals surface area (Å²) in [6.45, 7) is 16.6. The number of aliphatic hydroxyl groups excluding tert-OH is 2. The Balaban J connectivity index is 1.09. The number of carbonyl (C=O) groups is 4. The number of hydrogen-bond donors (Lipinski definition) is 5. The number of amides is 2. The fourth-order valence-electron chi connectivity index (χ4n) is 10.3. The normalized spacial score (nSPS) is 27.8. The first-order chi connectivity index (χ1) is 34.3. The molecule has 2 unspecified atom stereocenters. The molecule has 0 saturated carbocycles. The molecule has 2 fully saturated rings. The van der Waals surface area contributed by atoms with E-state index in [1.165, 1.54) is 13.2 Å². The zero-order valence-corrected chi connectivity index (χ0v) is 42.3. The van der Waals surface area contributed by atoms with Crippen molar-refractivity contribution in [2.75, 3.05) is 56.0 Å². The minimum absolute atomic E-state index is 0.0354. The molecule has 6 aliphatic rings. The van der Waals surface area contributed by atoms with Crippen LogP contribution in [0.2, 0.25) is 0 Å². The number of phenols is 2. The van der Waals surface area contributed by atoms with E-state index in [0.29, 0.717) is 70.4 Å². The van der Waals surface area contributed by atoms with Gasteiger partial charge in [0, 0.05) is 113 Å². The first-order valence-electron chi connectivity index (χ1n) is 25.1. The number of aliphatic hydroxyl groups is 2. The number of carbonyl (C=O) groups excluding carboxylic acids is 4. The van der Waals surface area contributed by atoms with Gasteiger partial charge in [-0.05, 0) is 51.2 Å². The first-order valence-corrected chi connectivity index (χ1v) is 25.1. The van der Waals surface area contributed by atoms with Gasteiger partial charge in [0.15, 0.2) is 11.4 Å². The summed E-state index contributed by atoms with van der Waals surface area (Å²) in [6, 6.07) is 1.73. The van der Waals surface area contributed by atoms with Gasteiger partial charge < -0.3 is 54.7 Å². The third kappa shape index (κ3) is 10.7. The number of piperidine rings is 1. The molecule has 1 spiro atoms. The zero-order valence-electron chi connectivity index (χ0n) is 42.3. The first kappa shape index (κ1) is 51.9. The van der Waals surface area contributed by atoms with E-state index in [2.05, 4.69) is 34.0 Å². The number of benzene rings is 2. The summed E-state index contributed by atoms with van der Waals surface area (Å²) in [5.41, 5.74) is -0.610. The maximum Gasteiger partial charge on any atom is 0.315 e. The molecule has 9 rings (SSSR count). The molecule has 0 aliphatic carbocycles. The summed E-state index contributed by atoms with van der Waals surface area (Å²) in [7, 11) is 0. The fraction of sp³-hybridized carbons (Fsp3) is 0.547. The molecule has 19 nitrogen and oxygen atoms in total. The largest absolute Gasteiger partial charge is 0.507 e. The van der Waals surface area contributed by atoms with Crippen molar-refractivity contribution in [2.24, 2.45) is 27.7 Å². The number of Topliss-reactive ketones (excluding diaryl/α,β-unsaturated/α-hetero) is 1. The molecular weight excluding hydrogens is 925 g/mol. The Morgan fingerprint density at radius 1 is 0.958 bits per heavy atom. The maximum atomic E-state index is 14.8. The van der Waals surface area contributed by atoms with E-state index >= 15 is 0 Å². The predicted octanol–water partition coefficient (Wildman–Crippen LogP) is 4.53. The standard InChI is InChI=1S/C53H68N8O11/c1-30(2)29-59-22-16-53(17-23-59)57-42-39-40-46(66)34(6)48-41(39)49(68)52(7,72-48)70-26-9-8-15-35(71-38(64)28-37(63)60-20-12-21-61(25-24-60)51-54-18-11-19-55-51)27-36(62)33(5)45(65)31(3)13-10-14-32(4)50(69)56-44(47(40)67)43(42)58-53/h9-11,13-14,18-19,26,30-31,33,35-36,45,62,65-67H,8,12,15-17,20-25,27-29H2,1-7H3,(H,56,69)/b13-10+,26-9+,32-14-/t31?,33-,35+,36?,45-,52-/m0/s1. The molecule has 72 heavy (non-hydrogen) atoms. The molecule has 5 N–H and O–H groups in total. The molecule has 0 radical (unpaired) electrons. The van der Waals surface area contributed by atoms with Crippen LogP contribution in [-0.2, 0) is 23.9 Å². The highest BCUT2D eigenvalue weighted by atomic mass is 16.7. The Labute approximate surface area is 419 Å². The van der Waals surface area contributed by atoms with Crippen LogP contribution < -0.4 is 25.7 Å². The van der Waals surface area contributed by atoms with Crippen molar-refractivity contribution in [3.05, 3.63) is 76.4 Å². The number of nitrogens with zero attached hydrogens (tertiary/aromatic N) is 7. The highest BCUT2D eigenvalue weighted by Gasteiger charge is 2.50. The monoisotopic (exact) mass is 993 g/mol. The van der Waals surface area contributed by atoms with Crippen molar-refractivity contribution in [2.45, 2.75) is 123 Å². The number of phenolic OH excluding ortho intramolecular Hbond substituents is 2. The number of esters is 1. The Kier molecular flexibility index (Phi) is 15.4. The number of ether oxygens (including phenoxy) is 3. The van der Waals surface area contributed by atoms with Gasteiger partial charge in [-0.1, -0.05) is 45.9 Å². The van der Waals surface area contributed by atoms with Crippen LogP contribution in [0.1, 0.15) is 102 Å². The summed E-state index contributed by atoms with van der Waals surface area (Å²) in [5, 5.41) is 50.3. The van der Waals surface area contributed by atoms with Gasteiger partial charge in [-0.3, -0.25) is 29.2 Å². The number of allylic oxidation sites excluding steroid dienone is 3. The third-order valence-electron chi connectivity index (χ3n) is 14.6. The lowest BCUT2D eigenvalue weighted by atomic mass is 9.86. The topological polar surface area (TPSA) is 249 Å². The van der Waals surface area contributed by atoms with Crippen molar-refractivity contribution in [3.63, 3.8) is 0 Å². The lowest BCUT2D eigenvalue weighted by molar-refractivity contribution is -0.155. The van der Waals surface area contributed by atoms with Gasteiger partial charge in [-0.15, -0.1) is 0 Å². The molecule has 386 valence electrons. The molecule has 6 aliphatic heterocycles. The van der Waals surface area contributed by atoms with E-state index in [4.69, 9.17) is 24.2 Å². The second-order valence-corrected chi connectivity index (χ2v) is 20.5. The molecule has 2 saturated heterocycles. The summed E-state index contributed by atoms with van der Waals surface area (Å²) >= 11 is 0. The number of nitrogens with one attached hydrogen (secondary N) is 1. The summed E-state index contributed by atoms with van der Waals surface area (Å²) < 4.78 is 18.3. The van der Waals surface area contributed by atoms with Crippen LogP contribution in [0.15, 0.2) is 64.6 Å². The number of aromatic hydroxyl groups is 2. The van der Waals surface area contributed by atoms with Crippen LogP contribution in [0.4, 0.5) is 11.6 Å². The van der Waals surface area contributed by atoms with Gasteiger partial charge in [0.05, 0.1) is 34.8 Å². The number of anilines is 2. The van der Waals surface area contributed by atoms with Crippen molar-refractivity contribution in [3.8, 4) is 17.2 Å². The van der Waals surface area contributed by atoms with Crippen LogP contribution in [0.25, 0.3) is 10.8 Å². The molecule has 7 heterocycles. The number of hydrogen-bond acceptors (Lipinski definition) is 17. The summed E-state index contributed by atoms with van der Waals surface area (Å²) in [6.07, 6.45) is 9.59. The Hall–Kier alpha value is -6.44. The second-order valence-electron chi connectivity index (χ2n) is 20.5. The van der Waals surface area contributed by atoms with Crippen LogP contribution >= 0.6 is 0 Å². The van der Waals surface area contributed by atoms with Crippen molar-refractivity contribution < 1.29 is 53.8 Å². The van der Waals surface area contributed by atoms with Crippen LogP contribution in [0, 0.1) is 24.7 Å². The Bertz CT molecular complexity index is 2810. The van der Waals surface area contributed by atoms with E-state index in [0.717, 1.165) is 6.54 Å². The number of rotatable bonds is 6. The molecule has 3 aromatic rings. The molecule has 1 aromatic heterocycles. The lowest BCUT2D eigenvalue weighted by Gasteiger charge is -2.36. The SMILES string of the molecule is C/C1=C/C=C/C(C)[C@H](O)[C@@H](C)C(O)C[C@H](OC(=O)CC(=O)N2CCCN(c3ncccn3)CC2)CC/C=C/O[C@@]2(C)Oc3c(C)c(O)c4c(O)c(c5c(c4c3C2=O)=NC2(CCN(CC(C)C)CC2)N=5)NC1=O. The van der Waals surface area contributed by atoms with E-state index in [-0.39, 0.29) is 74.6 Å². The van der Waals surface area contributed by atoms with Crippen molar-refractivity contribution in [1.29, 1.82) is 0 Å². The van der Waals surface area contributed by atoms with E-state index in [1.54, 1.807) is 75.4 Å². The average molecular weight is 993 g/mol. The van der Waals surface area contributed by atoms with Gasteiger partial charge in [0.1, 0.15) is 35.1 Å². The smallest absolute Gasteiger partial charge is 0.315 e. The van der Waals surface area contributed by atoms with Crippen LogP contribution in [-0.4, -0.2) is 139 Å². The second kappa shape index (κ2) is 21.3. The minimum atomic E-state index is -1.94. The van der Waals surface area contributed by atoms with Gasteiger partial charge >= 0.3 is 11.8 Å². The van der Waals surface area contributed by atoms with E-state index in [9.17, 15) is 39.6 Å². The number of fused-ring (bicyclic) bond motifs is 13. The van der Waals surface area contributed by atoms with E-state index < -0.39 is 77.3 Å². The molecule has 2 aromatic carbocycles. The highest BCUT2D eigenvalue weighted by Crippen LogP contribution is 2.50. The maximum absolute atomic E-state index is 14.8. The molecule has 6 atom stereocenters. The number of likely N-dealkylation sites (tertiary alicyclic amines) is 1. The quantitative estimate of drug-likeness (QED) is 0.129. The fourth-order valence-corrected chi connectivity index (χ4v) is 10.3. The van der Waals surface area contributed by atoms with Crippen LogP contribution in [0.5, 0.6) is 17.2 Å². The predicted molar refractivity (Wildman–Crippen MR) is 267 cm³/mol. The van der Waals surface area contributed by atoms with E-state index in [1.807, 2.05) is 4.90 Å². The lowest BCUT2D eigenvalue weighted by Crippen LogP contribution is -2.43. The average Bonchev–Trinajstić information content (AvgIpc) is 3.71. The molecule has 2 amide bonds. The zero-order chi connectivity index (χ0) is 51.6. The minimum Gasteiger partial charge on any atom is -0.507 e. The number of ketones is 1. The van der Waals surface area contributed by atoms with Gasteiger partial charge in [-0.25, -0.2) is 9.97 Å². The van der Waals surface area contributed by atoms with Crippen molar-refractivity contribution in [1.82, 2.24) is 19.8 Å².